The predicted molar refractivity (Wildman–Crippen MR) is 106 cm³/mol. The van der Waals surface area contributed by atoms with Gasteiger partial charge in [-0.15, -0.1) is 0 Å². The van der Waals surface area contributed by atoms with E-state index in [2.05, 4.69) is 15.3 Å². The van der Waals surface area contributed by atoms with E-state index in [1.807, 2.05) is 13.8 Å². The molecule has 0 spiro atoms. The van der Waals surface area contributed by atoms with Crippen LogP contribution in [-0.4, -0.2) is 52.7 Å². The highest BCUT2D eigenvalue weighted by Crippen LogP contribution is 2.19. The van der Waals surface area contributed by atoms with Gasteiger partial charge in [0.15, 0.2) is 5.75 Å². The van der Waals surface area contributed by atoms with Gasteiger partial charge >= 0.3 is 5.97 Å². The first-order valence-electron chi connectivity index (χ1n) is 9.48. The molecule has 0 radical (unpaired) electrons. The number of anilines is 1. The minimum absolute atomic E-state index is 0.0266. The topological polar surface area (TPSA) is 93.7 Å². The molecule has 0 aromatic carbocycles. The highest BCUT2D eigenvalue weighted by Gasteiger charge is 2.31. The Balaban J connectivity index is 1.86. The van der Waals surface area contributed by atoms with Crippen molar-refractivity contribution in [1.82, 2.24) is 15.3 Å². The van der Waals surface area contributed by atoms with Gasteiger partial charge in [0, 0.05) is 13.0 Å². The number of carbonyl (C=O) groups is 2. The summed E-state index contributed by atoms with van der Waals surface area (Å²) in [6.07, 6.45) is 3.66. The monoisotopic (exact) mass is 408 g/mol. The number of aromatic nitrogens is 2. The van der Waals surface area contributed by atoms with Gasteiger partial charge in [0.05, 0.1) is 30.8 Å². The lowest BCUT2D eigenvalue weighted by molar-refractivity contribution is -0.154. The number of halogens is 1. The van der Waals surface area contributed by atoms with Crippen molar-refractivity contribution in [2.75, 3.05) is 24.6 Å². The normalized spacial score (nSPS) is 17.0. The zero-order valence-corrected chi connectivity index (χ0v) is 17.6. The Bertz CT molecular complexity index is 757. The molecule has 2 rings (SSSR count). The first-order valence-corrected chi connectivity index (χ1v) is 9.48. The second kappa shape index (κ2) is 9.19. The Morgan fingerprint density at radius 2 is 1.97 bits per heavy atom. The first kappa shape index (κ1) is 22.6. The molecule has 1 N–H and O–H groups in total. The lowest BCUT2D eigenvalue weighted by Gasteiger charge is -2.38. The fraction of sp³-hybridized carbons (Fsp3) is 0.600. The minimum atomic E-state index is -0.573. The summed E-state index contributed by atoms with van der Waals surface area (Å²) >= 11 is 0. The van der Waals surface area contributed by atoms with Gasteiger partial charge in [0.1, 0.15) is 12.2 Å². The fourth-order valence-electron chi connectivity index (χ4n) is 2.84. The number of nitrogens with zero attached hydrogens (tertiary/aromatic N) is 3. The van der Waals surface area contributed by atoms with Gasteiger partial charge in [-0.25, -0.2) is 14.4 Å². The van der Waals surface area contributed by atoms with Crippen molar-refractivity contribution >= 4 is 17.8 Å². The molecule has 9 heteroatoms. The summed E-state index contributed by atoms with van der Waals surface area (Å²) in [4.78, 5) is 33.8. The van der Waals surface area contributed by atoms with Crippen LogP contribution in [0, 0.1) is 0 Å². The lowest BCUT2D eigenvalue weighted by Crippen LogP contribution is -2.60. The lowest BCUT2D eigenvalue weighted by atomic mass is 10.0. The molecule has 0 bridgehead atoms. The van der Waals surface area contributed by atoms with Crippen molar-refractivity contribution in [3.8, 4) is 5.75 Å². The Labute approximate surface area is 170 Å². The summed E-state index contributed by atoms with van der Waals surface area (Å²) in [5, 5.41) is 2.90. The van der Waals surface area contributed by atoms with Crippen LogP contribution < -0.4 is 15.0 Å². The average molecular weight is 408 g/mol. The van der Waals surface area contributed by atoms with Gasteiger partial charge in [-0.3, -0.25) is 9.59 Å². The number of carbonyl (C=O) groups excluding carboxylic acids is 2. The SMILES string of the molecule is CC1(C)CN(c2ncc(OC/C(=C/F)CCC(=O)OC(C)(C)C)cn2)CC(=O)N1. The van der Waals surface area contributed by atoms with Gasteiger partial charge in [-0.05, 0) is 46.6 Å². The highest BCUT2D eigenvalue weighted by molar-refractivity contribution is 5.83. The van der Waals surface area contributed by atoms with Gasteiger partial charge < -0.3 is 19.7 Å². The van der Waals surface area contributed by atoms with Gasteiger partial charge in [-0.1, -0.05) is 0 Å². The third kappa shape index (κ3) is 7.67. The molecule has 1 aromatic rings. The van der Waals surface area contributed by atoms with Crippen LogP contribution in [0.2, 0.25) is 0 Å². The number of hydrogen-bond donors (Lipinski definition) is 1. The van der Waals surface area contributed by atoms with Gasteiger partial charge in [-0.2, -0.15) is 0 Å². The molecule has 0 atom stereocenters. The Kier molecular flexibility index (Phi) is 7.16. The third-order valence-electron chi connectivity index (χ3n) is 3.94. The molecular weight excluding hydrogens is 379 g/mol. The number of amides is 1. The Hall–Kier alpha value is -2.71. The van der Waals surface area contributed by atoms with Crippen LogP contribution in [0.4, 0.5) is 10.3 Å². The molecule has 0 saturated carbocycles. The molecule has 1 amide bonds. The van der Waals surface area contributed by atoms with Crippen LogP contribution in [0.3, 0.4) is 0 Å². The standard InChI is InChI=1S/C20H29FN4O4/c1-19(2,3)29-17(27)7-6-14(8-21)12-28-15-9-22-18(23-10-15)25-11-16(26)24-20(4,5)13-25/h8-10H,6-7,11-13H2,1-5H3,(H,24,26)/b14-8+. The summed E-state index contributed by atoms with van der Waals surface area (Å²) in [6, 6.07) is 0. The molecule has 2 heterocycles. The zero-order chi connectivity index (χ0) is 21.7. The maximum Gasteiger partial charge on any atom is 0.306 e. The van der Waals surface area contributed by atoms with E-state index in [0.717, 1.165) is 0 Å². The number of ether oxygens (including phenoxy) is 2. The Morgan fingerprint density at radius 3 is 2.52 bits per heavy atom. The third-order valence-corrected chi connectivity index (χ3v) is 3.94. The molecule has 1 aliphatic heterocycles. The molecule has 1 saturated heterocycles. The van der Waals surface area contributed by atoms with E-state index in [1.165, 1.54) is 12.4 Å². The molecular formula is C20H29FN4O4. The predicted octanol–water partition coefficient (Wildman–Crippen LogP) is 2.55. The first-order chi connectivity index (χ1) is 13.5. The van der Waals surface area contributed by atoms with E-state index in [9.17, 15) is 14.0 Å². The smallest absolute Gasteiger partial charge is 0.306 e. The maximum atomic E-state index is 13.1. The molecule has 0 aliphatic carbocycles. The van der Waals surface area contributed by atoms with E-state index in [1.54, 1.807) is 25.7 Å². The van der Waals surface area contributed by atoms with Gasteiger partial charge in [0.2, 0.25) is 11.9 Å². The molecule has 160 valence electrons. The minimum Gasteiger partial charge on any atom is -0.486 e. The molecule has 1 aromatic heterocycles. The van der Waals surface area contributed by atoms with Crippen molar-refractivity contribution < 1.29 is 23.5 Å². The van der Waals surface area contributed by atoms with Crippen LogP contribution in [0.25, 0.3) is 0 Å². The van der Waals surface area contributed by atoms with Crippen molar-refractivity contribution in [3.63, 3.8) is 0 Å². The maximum absolute atomic E-state index is 13.1. The fourth-order valence-corrected chi connectivity index (χ4v) is 2.84. The van der Waals surface area contributed by atoms with Crippen LogP contribution in [0.5, 0.6) is 5.75 Å². The van der Waals surface area contributed by atoms with E-state index < -0.39 is 11.6 Å². The van der Waals surface area contributed by atoms with Crippen LogP contribution >= 0.6 is 0 Å². The van der Waals surface area contributed by atoms with E-state index in [-0.39, 0.29) is 37.4 Å². The van der Waals surface area contributed by atoms with Gasteiger partial charge in [0.25, 0.3) is 0 Å². The number of nitrogens with one attached hydrogen (secondary N) is 1. The molecule has 1 fully saturated rings. The van der Waals surface area contributed by atoms with Crippen molar-refractivity contribution in [3.05, 3.63) is 24.3 Å². The molecule has 1 aliphatic rings. The molecule has 29 heavy (non-hydrogen) atoms. The molecule has 8 nitrogen and oxygen atoms in total. The van der Waals surface area contributed by atoms with Crippen LogP contribution in [-0.2, 0) is 14.3 Å². The van der Waals surface area contributed by atoms with Crippen LogP contribution in [0.1, 0.15) is 47.5 Å². The zero-order valence-electron chi connectivity index (χ0n) is 17.6. The number of rotatable bonds is 7. The number of hydrogen-bond acceptors (Lipinski definition) is 7. The summed E-state index contributed by atoms with van der Waals surface area (Å²) in [5.74, 6) is 0.309. The van der Waals surface area contributed by atoms with E-state index >= 15 is 0 Å². The summed E-state index contributed by atoms with van der Waals surface area (Å²) in [5.41, 5.74) is -0.617. The van der Waals surface area contributed by atoms with Crippen molar-refractivity contribution in [2.24, 2.45) is 0 Å². The van der Waals surface area contributed by atoms with E-state index in [0.29, 0.717) is 30.1 Å². The summed E-state index contributed by atoms with van der Waals surface area (Å²) < 4.78 is 23.8. The average Bonchev–Trinajstić information content (AvgIpc) is 2.59. The second-order valence-corrected chi connectivity index (χ2v) is 8.65. The molecule has 0 unspecified atom stereocenters. The Morgan fingerprint density at radius 1 is 1.31 bits per heavy atom. The van der Waals surface area contributed by atoms with Crippen molar-refractivity contribution in [1.29, 1.82) is 0 Å². The largest absolute Gasteiger partial charge is 0.486 e. The van der Waals surface area contributed by atoms with E-state index in [4.69, 9.17) is 9.47 Å². The van der Waals surface area contributed by atoms with Crippen molar-refractivity contribution in [2.45, 2.75) is 58.6 Å². The quantitative estimate of drug-likeness (QED) is 0.693. The summed E-state index contributed by atoms with van der Waals surface area (Å²) in [7, 11) is 0. The van der Waals surface area contributed by atoms with Crippen LogP contribution in [0.15, 0.2) is 24.3 Å². The second-order valence-electron chi connectivity index (χ2n) is 8.65. The number of piperazine rings is 1. The highest BCUT2D eigenvalue weighted by atomic mass is 19.1. The number of esters is 1. The summed E-state index contributed by atoms with van der Waals surface area (Å²) in [6.45, 7) is 9.93.